The molecule has 1 fully saturated rings. The number of rotatable bonds is 7. The minimum absolute atomic E-state index is 0. The molecular weight excluding hydrogens is 436 g/mol. The molecule has 142 valence electrons. The van der Waals surface area contributed by atoms with Crippen molar-refractivity contribution in [3.8, 4) is 0 Å². The van der Waals surface area contributed by atoms with Gasteiger partial charge in [-0.2, -0.15) is 0 Å². The fourth-order valence-electron chi connectivity index (χ4n) is 2.88. The molecule has 1 aliphatic rings. The first-order chi connectivity index (χ1) is 11.6. The fraction of sp³-hybridized carbons (Fsp3) is 0.611. The Morgan fingerprint density at radius 2 is 2.20 bits per heavy atom. The number of guanidine groups is 1. The van der Waals surface area contributed by atoms with Gasteiger partial charge in [0.2, 0.25) is 0 Å². The van der Waals surface area contributed by atoms with E-state index in [2.05, 4.69) is 15.2 Å². The van der Waals surface area contributed by atoms with Crippen LogP contribution in [0.25, 0.3) is 0 Å². The van der Waals surface area contributed by atoms with Gasteiger partial charge in [-0.05, 0) is 30.5 Å². The first-order valence-corrected chi connectivity index (χ1v) is 8.41. The van der Waals surface area contributed by atoms with Crippen LogP contribution in [0.15, 0.2) is 23.2 Å². The molecule has 0 saturated carbocycles. The molecule has 0 aliphatic carbocycles. The van der Waals surface area contributed by atoms with Crippen LogP contribution in [0, 0.1) is 18.7 Å². The molecule has 0 aromatic heterocycles. The van der Waals surface area contributed by atoms with Gasteiger partial charge in [0.15, 0.2) is 5.96 Å². The summed E-state index contributed by atoms with van der Waals surface area (Å²) in [5, 5.41) is 3.36. The lowest BCUT2D eigenvalue weighted by Crippen LogP contribution is -2.39. The number of nitrogens with one attached hydrogen (secondary N) is 1. The number of ether oxygens (including phenoxy) is 2. The van der Waals surface area contributed by atoms with E-state index < -0.39 is 0 Å². The van der Waals surface area contributed by atoms with Crippen LogP contribution < -0.4 is 5.32 Å². The molecule has 25 heavy (non-hydrogen) atoms. The van der Waals surface area contributed by atoms with E-state index >= 15 is 0 Å². The molecule has 0 bridgehead atoms. The van der Waals surface area contributed by atoms with Gasteiger partial charge in [-0.25, -0.2) is 4.39 Å². The summed E-state index contributed by atoms with van der Waals surface area (Å²) >= 11 is 0. The largest absolute Gasteiger partial charge is 0.382 e. The average Bonchev–Trinajstić information content (AvgIpc) is 3.04. The maximum atomic E-state index is 13.3. The lowest BCUT2D eigenvalue weighted by molar-refractivity contribution is 0.0536. The molecule has 0 radical (unpaired) electrons. The Morgan fingerprint density at radius 3 is 2.88 bits per heavy atom. The van der Waals surface area contributed by atoms with Crippen LogP contribution in [0.1, 0.15) is 17.5 Å². The second-order valence-electron chi connectivity index (χ2n) is 6.15. The highest BCUT2D eigenvalue weighted by atomic mass is 127. The zero-order valence-corrected chi connectivity index (χ0v) is 17.6. The monoisotopic (exact) mass is 465 g/mol. The number of likely N-dealkylation sites (tertiary alicyclic amines) is 1. The highest BCUT2D eigenvalue weighted by Crippen LogP contribution is 2.17. The fourth-order valence-corrected chi connectivity index (χ4v) is 2.88. The molecule has 2 rings (SSSR count). The smallest absolute Gasteiger partial charge is 0.193 e. The van der Waals surface area contributed by atoms with E-state index in [0.29, 0.717) is 31.2 Å². The van der Waals surface area contributed by atoms with E-state index in [9.17, 15) is 4.39 Å². The second kappa shape index (κ2) is 11.6. The van der Waals surface area contributed by atoms with Gasteiger partial charge < -0.3 is 19.7 Å². The standard InChI is InChI=1S/C18H28FN3O2.HI/c1-14-10-15(4-5-17(14)19)11-21-18(20-2)22-7-6-16(12-22)13-24-9-8-23-3;/h4-5,10,16H,6-9,11-13H2,1-3H3,(H,20,21);1H. The van der Waals surface area contributed by atoms with Crippen molar-refractivity contribution < 1.29 is 13.9 Å². The third kappa shape index (κ3) is 7.07. The number of aliphatic imine (C=N–C) groups is 1. The molecule has 1 N–H and O–H groups in total. The summed E-state index contributed by atoms with van der Waals surface area (Å²) < 4.78 is 23.9. The quantitative estimate of drug-likeness (QED) is 0.291. The van der Waals surface area contributed by atoms with Crippen LogP contribution in [0.5, 0.6) is 0 Å². The van der Waals surface area contributed by atoms with Gasteiger partial charge >= 0.3 is 0 Å². The lowest BCUT2D eigenvalue weighted by Gasteiger charge is -2.22. The molecule has 0 spiro atoms. The van der Waals surface area contributed by atoms with Crippen LogP contribution in [0.2, 0.25) is 0 Å². The van der Waals surface area contributed by atoms with Crippen molar-refractivity contribution in [1.82, 2.24) is 10.2 Å². The highest BCUT2D eigenvalue weighted by molar-refractivity contribution is 14.0. The van der Waals surface area contributed by atoms with Gasteiger partial charge in [0.05, 0.1) is 19.8 Å². The number of benzene rings is 1. The molecule has 1 aliphatic heterocycles. The maximum Gasteiger partial charge on any atom is 0.193 e. The minimum atomic E-state index is -0.168. The van der Waals surface area contributed by atoms with E-state index in [1.807, 2.05) is 6.07 Å². The molecule has 1 atom stereocenters. The summed E-state index contributed by atoms with van der Waals surface area (Å²) in [5.41, 5.74) is 1.72. The van der Waals surface area contributed by atoms with E-state index in [-0.39, 0.29) is 29.8 Å². The Hall–Kier alpha value is -0.930. The predicted octanol–water partition coefficient (Wildman–Crippen LogP) is 2.81. The minimum Gasteiger partial charge on any atom is -0.382 e. The Labute approximate surface area is 167 Å². The normalized spacial score (nSPS) is 17.5. The number of halogens is 2. The number of aryl methyl sites for hydroxylation is 1. The van der Waals surface area contributed by atoms with Gasteiger partial charge in [-0.3, -0.25) is 4.99 Å². The molecule has 7 heteroatoms. The Kier molecular flexibility index (Phi) is 10.3. The van der Waals surface area contributed by atoms with Gasteiger partial charge in [-0.15, -0.1) is 24.0 Å². The van der Waals surface area contributed by atoms with Crippen molar-refractivity contribution in [3.05, 3.63) is 35.1 Å². The van der Waals surface area contributed by atoms with Crippen LogP contribution in [-0.4, -0.2) is 57.9 Å². The summed E-state index contributed by atoms with van der Waals surface area (Å²) in [4.78, 5) is 6.62. The zero-order chi connectivity index (χ0) is 17.4. The molecule has 1 heterocycles. The van der Waals surface area contributed by atoms with Crippen LogP contribution in [0.3, 0.4) is 0 Å². The van der Waals surface area contributed by atoms with Gasteiger partial charge in [0.1, 0.15) is 5.82 Å². The van der Waals surface area contributed by atoms with Gasteiger partial charge in [0.25, 0.3) is 0 Å². The number of methoxy groups -OCH3 is 1. The molecule has 1 aromatic carbocycles. The van der Waals surface area contributed by atoms with Crippen molar-refractivity contribution >= 4 is 29.9 Å². The van der Waals surface area contributed by atoms with Gasteiger partial charge in [0, 0.05) is 39.7 Å². The van der Waals surface area contributed by atoms with Crippen LogP contribution in [-0.2, 0) is 16.0 Å². The summed E-state index contributed by atoms with van der Waals surface area (Å²) in [6.07, 6.45) is 1.10. The van der Waals surface area contributed by atoms with Crippen molar-refractivity contribution in [2.24, 2.45) is 10.9 Å². The van der Waals surface area contributed by atoms with Crippen LogP contribution in [0.4, 0.5) is 4.39 Å². The highest BCUT2D eigenvalue weighted by Gasteiger charge is 2.24. The predicted molar refractivity (Wildman–Crippen MR) is 109 cm³/mol. The van der Waals surface area contributed by atoms with E-state index in [0.717, 1.165) is 37.6 Å². The third-order valence-electron chi connectivity index (χ3n) is 4.26. The third-order valence-corrected chi connectivity index (χ3v) is 4.26. The van der Waals surface area contributed by atoms with Crippen molar-refractivity contribution in [1.29, 1.82) is 0 Å². The van der Waals surface area contributed by atoms with Crippen molar-refractivity contribution in [2.75, 3.05) is 47.1 Å². The molecular formula is C18H29FIN3O2. The Bertz CT molecular complexity index is 557. The summed E-state index contributed by atoms with van der Waals surface area (Å²) in [6.45, 7) is 6.37. The maximum absolute atomic E-state index is 13.3. The summed E-state index contributed by atoms with van der Waals surface area (Å²) in [6, 6.07) is 5.18. The summed E-state index contributed by atoms with van der Waals surface area (Å²) in [5.74, 6) is 1.24. The van der Waals surface area contributed by atoms with Crippen LogP contribution >= 0.6 is 24.0 Å². The summed E-state index contributed by atoms with van der Waals surface area (Å²) in [7, 11) is 3.47. The molecule has 1 aromatic rings. The Morgan fingerprint density at radius 1 is 1.40 bits per heavy atom. The molecule has 1 saturated heterocycles. The topological polar surface area (TPSA) is 46.1 Å². The van der Waals surface area contributed by atoms with E-state index in [1.54, 1.807) is 27.1 Å². The van der Waals surface area contributed by atoms with Crippen molar-refractivity contribution in [3.63, 3.8) is 0 Å². The second-order valence-corrected chi connectivity index (χ2v) is 6.15. The first kappa shape index (κ1) is 22.1. The lowest BCUT2D eigenvalue weighted by atomic mass is 10.1. The SMILES string of the molecule is CN=C(NCc1ccc(F)c(C)c1)N1CCC(COCCOC)C1.I. The van der Waals surface area contributed by atoms with Crippen molar-refractivity contribution in [2.45, 2.75) is 19.9 Å². The van der Waals surface area contributed by atoms with E-state index in [1.165, 1.54) is 6.07 Å². The van der Waals surface area contributed by atoms with E-state index in [4.69, 9.17) is 9.47 Å². The Balaban J connectivity index is 0.00000312. The van der Waals surface area contributed by atoms with Gasteiger partial charge in [-0.1, -0.05) is 12.1 Å². The number of hydrogen-bond acceptors (Lipinski definition) is 3. The first-order valence-electron chi connectivity index (χ1n) is 8.41. The zero-order valence-electron chi connectivity index (χ0n) is 15.3. The molecule has 5 nitrogen and oxygen atoms in total. The number of nitrogens with zero attached hydrogens (tertiary/aromatic N) is 2. The molecule has 1 unspecified atom stereocenters. The average molecular weight is 465 g/mol. The molecule has 0 amide bonds. The number of hydrogen-bond donors (Lipinski definition) is 1.